The van der Waals surface area contributed by atoms with Gasteiger partial charge in [0.25, 0.3) is 0 Å². The molecule has 1 atom stereocenters. The van der Waals surface area contributed by atoms with Crippen molar-refractivity contribution in [2.75, 3.05) is 5.32 Å². The van der Waals surface area contributed by atoms with Crippen LogP contribution >= 0.6 is 0 Å². The Labute approximate surface area is 103 Å². The molecule has 0 aliphatic heterocycles. The fourth-order valence-electron chi connectivity index (χ4n) is 1.75. The number of nitrogens with one attached hydrogen (secondary N) is 1. The Morgan fingerprint density at radius 3 is 2.71 bits per heavy atom. The molecule has 94 valence electrons. The molecule has 1 rings (SSSR count). The Hall–Kier alpha value is -1.35. The molecule has 0 aliphatic carbocycles. The highest BCUT2D eigenvalue weighted by atomic mass is 16.1. The van der Waals surface area contributed by atoms with Crippen LogP contribution in [0.15, 0.2) is 18.2 Å². The van der Waals surface area contributed by atoms with E-state index in [-0.39, 0.29) is 11.9 Å². The summed E-state index contributed by atoms with van der Waals surface area (Å²) in [6.07, 6.45) is 2.27. The van der Waals surface area contributed by atoms with Crippen LogP contribution in [0.25, 0.3) is 0 Å². The van der Waals surface area contributed by atoms with Crippen molar-refractivity contribution in [1.29, 1.82) is 0 Å². The fraction of sp³-hybridized carbons (Fsp3) is 0.500. The lowest BCUT2D eigenvalue weighted by Gasteiger charge is -2.09. The minimum atomic E-state index is 0.0672. The number of benzene rings is 1. The molecule has 0 heterocycles. The summed E-state index contributed by atoms with van der Waals surface area (Å²) in [6.45, 7) is 6.01. The van der Waals surface area contributed by atoms with Crippen LogP contribution in [-0.4, -0.2) is 11.9 Å². The van der Waals surface area contributed by atoms with E-state index in [4.69, 9.17) is 5.73 Å². The molecule has 0 aliphatic rings. The van der Waals surface area contributed by atoms with Gasteiger partial charge in [0.1, 0.15) is 0 Å². The summed E-state index contributed by atoms with van der Waals surface area (Å²) in [5.74, 6) is 0.0672. The summed E-state index contributed by atoms with van der Waals surface area (Å²) in [4.78, 5) is 11.7. The van der Waals surface area contributed by atoms with E-state index in [9.17, 15) is 4.79 Å². The predicted molar refractivity (Wildman–Crippen MR) is 72.0 cm³/mol. The van der Waals surface area contributed by atoms with Gasteiger partial charge >= 0.3 is 0 Å². The zero-order chi connectivity index (χ0) is 12.8. The highest BCUT2D eigenvalue weighted by molar-refractivity contribution is 5.91. The summed E-state index contributed by atoms with van der Waals surface area (Å²) in [5.41, 5.74) is 8.85. The van der Waals surface area contributed by atoms with Crippen LogP contribution in [-0.2, 0) is 4.79 Å². The monoisotopic (exact) mass is 234 g/mol. The van der Waals surface area contributed by atoms with E-state index in [1.807, 2.05) is 32.9 Å². The summed E-state index contributed by atoms with van der Waals surface area (Å²) < 4.78 is 0. The smallest absolute Gasteiger partial charge is 0.224 e. The third kappa shape index (κ3) is 5.00. The Bertz CT molecular complexity index is 386. The van der Waals surface area contributed by atoms with Crippen LogP contribution in [0.2, 0.25) is 0 Å². The van der Waals surface area contributed by atoms with Crippen molar-refractivity contribution in [3.05, 3.63) is 29.3 Å². The van der Waals surface area contributed by atoms with Gasteiger partial charge in [0, 0.05) is 18.2 Å². The lowest BCUT2D eigenvalue weighted by molar-refractivity contribution is -0.116. The maximum absolute atomic E-state index is 11.7. The molecule has 3 nitrogen and oxygen atoms in total. The fourth-order valence-corrected chi connectivity index (χ4v) is 1.75. The third-order valence-electron chi connectivity index (χ3n) is 2.72. The largest absolute Gasteiger partial charge is 0.328 e. The molecule has 0 bridgehead atoms. The molecule has 0 spiro atoms. The van der Waals surface area contributed by atoms with Gasteiger partial charge in [-0.05, 0) is 45.2 Å². The quantitative estimate of drug-likeness (QED) is 0.823. The van der Waals surface area contributed by atoms with Gasteiger partial charge in [0.15, 0.2) is 0 Å². The average Bonchev–Trinajstić information content (AvgIpc) is 2.21. The number of aryl methyl sites for hydroxylation is 2. The molecule has 1 aromatic carbocycles. The molecule has 0 fully saturated rings. The van der Waals surface area contributed by atoms with E-state index in [1.165, 1.54) is 5.56 Å². The van der Waals surface area contributed by atoms with Crippen molar-refractivity contribution in [3.63, 3.8) is 0 Å². The van der Waals surface area contributed by atoms with Gasteiger partial charge in [-0.1, -0.05) is 17.7 Å². The lowest BCUT2D eigenvalue weighted by Crippen LogP contribution is -2.17. The normalized spacial score (nSPS) is 12.2. The number of hydrogen-bond donors (Lipinski definition) is 2. The molecule has 3 heteroatoms. The zero-order valence-electron chi connectivity index (χ0n) is 10.9. The third-order valence-corrected chi connectivity index (χ3v) is 2.72. The van der Waals surface area contributed by atoms with E-state index < -0.39 is 0 Å². The molecular formula is C14H22N2O. The topological polar surface area (TPSA) is 55.1 Å². The van der Waals surface area contributed by atoms with Gasteiger partial charge in [0.2, 0.25) is 5.91 Å². The van der Waals surface area contributed by atoms with Crippen LogP contribution in [0.4, 0.5) is 5.69 Å². The van der Waals surface area contributed by atoms with Crippen LogP contribution < -0.4 is 11.1 Å². The summed E-state index contributed by atoms with van der Waals surface area (Å²) in [5, 5.41) is 2.93. The SMILES string of the molecule is Cc1ccc(NC(=O)CCCC(C)N)c(C)c1. The molecular weight excluding hydrogens is 212 g/mol. The maximum atomic E-state index is 11.7. The van der Waals surface area contributed by atoms with Crippen molar-refractivity contribution in [2.24, 2.45) is 5.73 Å². The highest BCUT2D eigenvalue weighted by Gasteiger charge is 2.05. The minimum absolute atomic E-state index is 0.0672. The van der Waals surface area contributed by atoms with E-state index in [1.54, 1.807) is 0 Å². The van der Waals surface area contributed by atoms with Gasteiger partial charge in [-0.15, -0.1) is 0 Å². The maximum Gasteiger partial charge on any atom is 0.224 e. The van der Waals surface area contributed by atoms with E-state index >= 15 is 0 Å². The molecule has 0 aromatic heterocycles. The second-order valence-corrected chi connectivity index (χ2v) is 4.74. The Morgan fingerprint density at radius 2 is 2.12 bits per heavy atom. The van der Waals surface area contributed by atoms with Crippen LogP contribution in [0.3, 0.4) is 0 Å². The van der Waals surface area contributed by atoms with E-state index in [2.05, 4.69) is 11.4 Å². The van der Waals surface area contributed by atoms with Crippen LogP contribution in [0, 0.1) is 13.8 Å². The van der Waals surface area contributed by atoms with Gasteiger partial charge < -0.3 is 11.1 Å². The molecule has 17 heavy (non-hydrogen) atoms. The first kappa shape index (κ1) is 13.7. The Morgan fingerprint density at radius 1 is 1.41 bits per heavy atom. The molecule has 1 unspecified atom stereocenters. The predicted octanol–water partition coefficient (Wildman–Crippen LogP) is 2.76. The zero-order valence-corrected chi connectivity index (χ0v) is 10.9. The van der Waals surface area contributed by atoms with Crippen molar-refractivity contribution < 1.29 is 4.79 Å². The Kier molecular flexibility index (Phi) is 5.16. The molecule has 3 N–H and O–H groups in total. The second kappa shape index (κ2) is 6.40. The number of rotatable bonds is 5. The minimum Gasteiger partial charge on any atom is -0.328 e. The summed E-state index contributed by atoms with van der Waals surface area (Å²) in [6, 6.07) is 6.19. The van der Waals surface area contributed by atoms with Gasteiger partial charge in [0.05, 0.1) is 0 Å². The number of nitrogens with two attached hydrogens (primary N) is 1. The molecule has 1 aromatic rings. The van der Waals surface area contributed by atoms with E-state index in [0.717, 1.165) is 24.1 Å². The summed E-state index contributed by atoms with van der Waals surface area (Å²) in [7, 11) is 0. The second-order valence-electron chi connectivity index (χ2n) is 4.74. The van der Waals surface area contributed by atoms with Crippen molar-refractivity contribution >= 4 is 11.6 Å². The highest BCUT2D eigenvalue weighted by Crippen LogP contribution is 2.16. The average molecular weight is 234 g/mol. The van der Waals surface area contributed by atoms with Crippen LogP contribution in [0.5, 0.6) is 0 Å². The number of carbonyl (C=O) groups excluding carboxylic acids is 1. The van der Waals surface area contributed by atoms with Gasteiger partial charge in [-0.3, -0.25) is 4.79 Å². The first-order valence-electron chi connectivity index (χ1n) is 6.11. The van der Waals surface area contributed by atoms with Gasteiger partial charge in [-0.2, -0.15) is 0 Å². The Balaban J connectivity index is 2.45. The van der Waals surface area contributed by atoms with Crippen LogP contribution in [0.1, 0.15) is 37.3 Å². The standard InChI is InChI=1S/C14H22N2O/c1-10-7-8-13(11(2)9-10)16-14(17)6-4-5-12(3)15/h7-9,12H,4-6,15H2,1-3H3,(H,16,17). The number of hydrogen-bond acceptors (Lipinski definition) is 2. The van der Waals surface area contributed by atoms with Gasteiger partial charge in [-0.25, -0.2) is 0 Å². The first-order valence-corrected chi connectivity index (χ1v) is 6.11. The number of carbonyl (C=O) groups is 1. The number of amides is 1. The molecule has 0 saturated carbocycles. The van der Waals surface area contributed by atoms with Crippen molar-refractivity contribution in [2.45, 2.75) is 46.1 Å². The summed E-state index contributed by atoms with van der Waals surface area (Å²) >= 11 is 0. The first-order chi connectivity index (χ1) is 7.99. The molecule has 0 saturated heterocycles. The molecule has 1 amide bonds. The van der Waals surface area contributed by atoms with Crippen molar-refractivity contribution in [3.8, 4) is 0 Å². The lowest BCUT2D eigenvalue weighted by atomic mass is 10.1. The number of anilines is 1. The van der Waals surface area contributed by atoms with Crippen molar-refractivity contribution in [1.82, 2.24) is 0 Å². The van der Waals surface area contributed by atoms with E-state index in [0.29, 0.717) is 6.42 Å². The molecule has 0 radical (unpaired) electrons.